The zero-order valence-corrected chi connectivity index (χ0v) is 12.1. The predicted molar refractivity (Wildman–Crippen MR) is 80.7 cm³/mol. The Morgan fingerprint density at radius 2 is 1.95 bits per heavy atom. The second-order valence-corrected chi connectivity index (χ2v) is 4.75. The first-order chi connectivity index (χ1) is 10.2. The van der Waals surface area contributed by atoms with Gasteiger partial charge >= 0.3 is 0 Å². The maximum Gasteiger partial charge on any atom is 0.132 e. The zero-order chi connectivity index (χ0) is 15.2. The number of nitrogens with zero attached hydrogens (tertiary/aromatic N) is 1. The molecule has 2 rings (SSSR count). The fourth-order valence-electron chi connectivity index (χ4n) is 2.25. The number of halogens is 1. The minimum absolute atomic E-state index is 0.233. The molecule has 0 amide bonds. The van der Waals surface area contributed by atoms with Gasteiger partial charge in [-0.2, -0.15) is 5.26 Å². The Kier molecular flexibility index (Phi) is 4.78. The van der Waals surface area contributed by atoms with Gasteiger partial charge in [-0.05, 0) is 36.8 Å². The summed E-state index contributed by atoms with van der Waals surface area (Å²) in [5, 5.41) is 11.9. The summed E-state index contributed by atoms with van der Waals surface area (Å²) in [5.74, 6) is 0.228. The molecule has 1 atom stereocenters. The summed E-state index contributed by atoms with van der Waals surface area (Å²) in [6, 6.07) is 14.2. The van der Waals surface area contributed by atoms with E-state index in [1.807, 2.05) is 31.2 Å². The maximum atomic E-state index is 14.0. The standard InChI is InChI=1S/C17H17FN2O/c1-12(17-15(18)4-3-5-16(17)21-2)20-14-8-6-13(7-9-14)10-11-19/h3-9,12,20H,10H2,1-2H3. The van der Waals surface area contributed by atoms with Crippen molar-refractivity contribution < 1.29 is 9.13 Å². The van der Waals surface area contributed by atoms with E-state index in [1.54, 1.807) is 12.1 Å². The van der Waals surface area contributed by atoms with Crippen LogP contribution in [0.25, 0.3) is 0 Å². The van der Waals surface area contributed by atoms with Gasteiger partial charge in [0.15, 0.2) is 0 Å². The van der Waals surface area contributed by atoms with Crippen LogP contribution < -0.4 is 10.1 Å². The minimum atomic E-state index is -0.296. The fraction of sp³-hybridized carbons (Fsp3) is 0.235. The summed E-state index contributed by atoms with van der Waals surface area (Å²) < 4.78 is 19.2. The van der Waals surface area contributed by atoms with Crippen molar-refractivity contribution in [3.8, 4) is 11.8 Å². The Morgan fingerprint density at radius 1 is 1.24 bits per heavy atom. The van der Waals surface area contributed by atoms with Crippen molar-refractivity contribution >= 4 is 5.69 Å². The normalized spacial score (nSPS) is 11.5. The van der Waals surface area contributed by atoms with Crippen LogP contribution in [0, 0.1) is 17.1 Å². The molecule has 1 unspecified atom stereocenters. The quantitative estimate of drug-likeness (QED) is 0.900. The lowest BCUT2D eigenvalue weighted by Crippen LogP contribution is -2.10. The molecular weight excluding hydrogens is 267 g/mol. The van der Waals surface area contributed by atoms with Crippen LogP contribution in [0.3, 0.4) is 0 Å². The van der Waals surface area contributed by atoms with Crippen LogP contribution in [-0.2, 0) is 6.42 Å². The molecule has 2 aromatic rings. The number of hydrogen-bond acceptors (Lipinski definition) is 3. The molecule has 0 fully saturated rings. The van der Waals surface area contributed by atoms with Crippen LogP contribution >= 0.6 is 0 Å². The predicted octanol–water partition coefficient (Wildman–Crippen LogP) is 4.07. The third-order valence-corrected chi connectivity index (χ3v) is 3.29. The van der Waals surface area contributed by atoms with Gasteiger partial charge in [0, 0.05) is 5.69 Å². The highest BCUT2D eigenvalue weighted by molar-refractivity contribution is 5.49. The van der Waals surface area contributed by atoms with Crippen molar-refractivity contribution in [2.75, 3.05) is 12.4 Å². The van der Waals surface area contributed by atoms with Gasteiger partial charge in [0.25, 0.3) is 0 Å². The Morgan fingerprint density at radius 3 is 2.57 bits per heavy atom. The number of nitrogens with one attached hydrogen (secondary N) is 1. The third-order valence-electron chi connectivity index (χ3n) is 3.29. The van der Waals surface area contributed by atoms with E-state index in [9.17, 15) is 4.39 Å². The van der Waals surface area contributed by atoms with Crippen LogP contribution in [-0.4, -0.2) is 7.11 Å². The lowest BCUT2D eigenvalue weighted by molar-refractivity contribution is 0.402. The van der Waals surface area contributed by atoms with Crippen molar-refractivity contribution in [2.45, 2.75) is 19.4 Å². The van der Waals surface area contributed by atoms with Gasteiger partial charge in [0.1, 0.15) is 11.6 Å². The van der Waals surface area contributed by atoms with E-state index in [4.69, 9.17) is 10.00 Å². The van der Waals surface area contributed by atoms with Crippen molar-refractivity contribution in [3.05, 3.63) is 59.4 Å². The number of ether oxygens (including phenoxy) is 1. The number of nitriles is 1. The molecule has 0 aromatic heterocycles. The molecule has 0 bridgehead atoms. The summed E-state index contributed by atoms with van der Waals surface area (Å²) in [5.41, 5.74) is 2.33. The highest BCUT2D eigenvalue weighted by atomic mass is 19.1. The van der Waals surface area contributed by atoms with Crippen LogP contribution in [0.15, 0.2) is 42.5 Å². The van der Waals surface area contributed by atoms with Gasteiger partial charge in [-0.1, -0.05) is 18.2 Å². The first-order valence-corrected chi connectivity index (χ1v) is 6.70. The SMILES string of the molecule is COc1cccc(F)c1C(C)Nc1ccc(CC#N)cc1. The molecule has 4 heteroatoms. The molecule has 21 heavy (non-hydrogen) atoms. The molecule has 0 aliphatic rings. The minimum Gasteiger partial charge on any atom is -0.496 e. The van der Waals surface area contributed by atoms with Crippen LogP contribution in [0.1, 0.15) is 24.1 Å². The van der Waals surface area contributed by atoms with Crippen molar-refractivity contribution in [2.24, 2.45) is 0 Å². The number of rotatable bonds is 5. The topological polar surface area (TPSA) is 45.0 Å². The summed E-state index contributed by atoms with van der Waals surface area (Å²) in [6.07, 6.45) is 0.386. The molecule has 108 valence electrons. The largest absolute Gasteiger partial charge is 0.496 e. The van der Waals surface area contributed by atoms with E-state index in [-0.39, 0.29) is 11.9 Å². The Hall–Kier alpha value is -2.54. The average Bonchev–Trinajstić information content (AvgIpc) is 2.49. The Labute approximate surface area is 124 Å². The summed E-state index contributed by atoms with van der Waals surface area (Å²) in [6.45, 7) is 1.88. The molecule has 0 saturated heterocycles. The van der Waals surface area contributed by atoms with Gasteiger partial charge in [0.2, 0.25) is 0 Å². The average molecular weight is 284 g/mol. The second-order valence-electron chi connectivity index (χ2n) is 4.75. The van der Waals surface area contributed by atoms with E-state index in [0.717, 1.165) is 11.3 Å². The number of methoxy groups -OCH3 is 1. The summed E-state index contributed by atoms with van der Waals surface area (Å²) in [4.78, 5) is 0. The van der Waals surface area contributed by atoms with Crippen LogP contribution in [0.5, 0.6) is 5.75 Å². The molecule has 1 N–H and O–H groups in total. The maximum absolute atomic E-state index is 14.0. The molecular formula is C17H17FN2O. The van der Waals surface area contributed by atoms with Crippen LogP contribution in [0.2, 0.25) is 0 Å². The highest BCUT2D eigenvalue weighted by Gasteiger charge is 2.16. The molecule has 0 heterocycles. The van der Waals surface area contributed by atoms with Crippen LogP contribution in [0.4, 0.5) is 10.1 Å². The number of anilines is 1. The monoisotopic (exact) mass is 284 g/mol. The molecule has 0 aliphatic heterocycles. The zero-order valence-electron chi connectivity index (χ0n) is 12.1. The third kappa shape index (κ3) is 3.51. The Balaban J connectivity index is 2.18. The smallest absolute Gasteiger partial charge is 0.132 e. The van der Waals surface area contributed by atoms with Gasteiger partial charge in [-0.15, -0.1) is 0 Å². The molecule has 3 nitrogen and oxygen atoms in total. The lowest BCUT2D eigenvalue weighted by atomic mass is 10.1. The van der Waals surface area contributed by atoms with Gasteiger partial charge < -0.3 is 10.1 Å². The lowest BCUT2D eigenvalue weighted by Gasteiger charge is -2.19. The van der Waals surface area contributed by atoms with E-state index >= 15 is 0 Å². The molecule has 0 saturated carbocycles. The van der Waals surface area contributed by atoms with Crippen molar-refractivity contribution in [1.29, 1.82) is 5.26 Å². The number of hydrogen-bond donors (Lipinski definition) is 1. The summed E-state index contributed by atoms with van der Waals surface area (Å²) in [7, 11) is 1.53. The van der Waals surface area contributed by atoms with Gasteiger partial charge in [-0.3, -0.25) is 0 Å². The van der Waals surface area contributed by atoms with E-state index in [0.29, 0.717) is 17.7 Å². The first kappa shape index (κ1) is 14.9. The first-order valence-electron chi connectivity index (χ1n) is 6.70. The molecule has 0 radical (unpaired) electrons. The van der Waals surface area contributed by atoms with E-state index in [1.165, 1.54) is 13.2 Å². The van der Waals surface area contributed by atoms with Crippen molar-refractivity contribution in [3.63, 3.8) is 0 Å². The second kappa shape index (κ2) is 6.76. The fourth-order valence-corrected chi connectivity index (χ4v) is 2.25. The highest BCUT2D eigenvalue weighted by Crippen LogP contribution is 2.30. The molecule has 0 aliphatic carbocycles. The van der Waals surface area contributed by atoms with Gasteiger partial charge in [-0.25, -0.2) is 4.39 Å². The summed E-state index contributed by atoms with van der Waals surface area (Å²) >= 11 is 0. The van der Waals surface area contributed by atoms with Gasteiger partial charge in [0.05, 0.1) is 31.2 Å². The molecule has 2 aromatic carbocycles. The van der Waals surface area contributed by atoms with Crippen molar-refractivity contribution in [1.82, 2.24) is 0 Å². The van der Waals surface area contributed by atoms with E-state index < -0.39 is 0 Å². The Bertz CT molecular complexity index is 647. The van der Waals surface area contributed by atoms with E-state index in [2.05, 4.69) is 11.4 Å². The molecule has 0 spiro atoms. The number of benzene rings is 2.